The van der Waals surface area contributed by atoms with E-state index in [1.807, 2.05) is 0 Å². The van der Waals surface area contributed by atoms with Crippen LogP contribution in [0.5, 0.6) is 0 Å². The lowest BCUT2D eigenvalue weighted by Crippen LogP contribution is -2.30. The van der Waals surface area contributed by atoms with Gasteiger partial charge in [0, 0.05) is 17.9 Å². The number of carbonyl (C=O) groups excluding carboxylic acids is 1. The minimum absolute atomic E-state index is 0.251. The third kappa shape index (κ3) is 3.41. The van der Waals surface area contributed by atoms with Crippen molar-refractivity contribution in [3.05, 3.63) is 18.5 Å². The summed E-state index contributed by atoms with van der Waals surface area (Å²) in [6, 6.07) is 1.44. The molecule has 1 heterocycles. The molecule has 0 aliphatic rings. The van der Waals surface area contributed by atoms with E-state index in [1.165, 1.54) is 23.0 Å². The molecule has 0 amide bonds. The number of carbonyl (C=O) groups is 1. The molecule has 82 valence electrons. The van der Waals surface area contributed by atoms with Crippen LogP contribution >= 0.6 is 0 Å². The Kier molecular flexibility index (Phi) is 3.21. The molecule has 0 saturated carbocycles. The van der Waals surface area contributed by atoms with E-state index in [2.05, 4.69) is 0 Å². The number of rotatable bonds is 1. The predicted molar refractivity (Wildman–Crippen MR) is 55.9 cm³/mol. The monoisotopic (exact) mass is 211 g/mol. The topological polar surface area (TPSA) is 71.7 Å². The van der Waals surface area contributed by atoms with Crippen LogP contribution in [-0.4, -0.2) is 33.4 Å². The van der Waals surface area contributed by atoms with Gasteiger partial charge in [0.25, 0.3) is 0 Å². The molecule has 5 nitrogen and oxygen atoms in total. The Labute approximate surface area is 88.4 Å². The standard InChI is InChI=1S/C9H14BNO4/c1-9(2,3)15-8(12)11-5-4-7(6-11)10(13)14/h4-6,13-14H,1-3H3. The Balaban J connectivity index is 2.75. The molecule has 15 heavy (non-hydrogen) atoms. The minimum Gasteiger partial charge on any atom is -0.443 e. The van der Waals surface area contributed by atoms with Gasteiger partial charge in [-0.3, -0.25) is 4.57 Å². The second-order valence-corrected chi connectivity index (χ2v) is 4.21. The van der Waals surface area contributed by atoms with Crippen molar-refractivity contribution in [2.24, 2.45) is 0 Å². The zero-order chi connectivity index (χ0) is 11.6. The molecule has 0 unspecified atom stereocenters. The highest BCUT2D eigenvalue weighted by Crippen LogP contribution is 2.08. The molecule has 0 aliphatic carbocycles. The van der Waals surface area contributed by atoms with Gasteiger partial charge in [-0.2, -0.15) is 0 Å². The summed E-state index contributed by atoms with van der Waals surface area (Å²) in [5.41, 5.74) is -0.319. The van der Waals surface area contributed by atoms with Gasteiger partial charge in [0.1, 0.15) is 5.60 Å². The van der Waals surface area contributed by atoms with Gasteiger partial charge < -0.3 is 14.8 Å². The fourth-order valence-corrected chi connectivity index (χ4v) is 0.994. The van der Waals surface area contributed by atoms with Gasteiger partial charge in [-0.1, -0.05) is 0 Å². The normalized spacial score (nSPS) is 11.3. The number of nitrogens with zero attached hydrogens (tertiary/aromatic N) is 1. The van der Waals surface area contributed by atoms with Crippen LogP contribution in [0.4, 0.5) is 4.79 Å². The predicted octanol–water partition coefficient (Wildman–Crippen LogP) is -0.0489. The Bertz CT molecular complexity index is 353. The van der Waals surface area contributed by atoms with Gasteiger partial charge in [0.15, 0.2) is 0 Å². The number of ether oxygens (including phenoxy) is 1. The van der Waals surface area contributed by atoms with Gasteiger partial charge in [0.2, 0.25) is 0 Å². The maximum Gasteiger partial charge on any atom is 0.490 e. The molecule has 6 heteroatoms. The van der Waals surface area contributed by atoms with Crippen molar-refractivity contribution in [3.8, 4) is 0 Å². The van der Waals surface area contributed by atoms with E-state index in [4.69, 9.17) is 14.8 Å². The maximum atomic E-state index is 11.5. The quantitative estimate of drug-likeness (QED) is 0.639. The second kappa shape index (κ2) is 4.08. The lowest BCUT2D eigenvalue weighted by molar-refractivity contribution is 0.0537. The molecule has 1 aromatic heterocycles. The zero-order valence-electron chi connectivity index (χ0n) is 8.97. The van der Waals surface area contributed by atoms with Gasteiger partial charge >= 0.3 is 13.2 Å². The Morgan fingerprint density at radius 1 is 1.47 bits per heavy atom. The van der Waals surface area contributed by atoms with E-state index in [0.29, 0.717) is 0 Å². The van der Waals surface area contributed by atoms with E-state index in [0.717, 1.165) is 0 Å². The molecule has 0 saturated heterocycles. The molecular weight excluding hydrogens is 197 g/mol. The first-order valence-electron chi connectivity index (χ1n) is 4.57. The summed E-state index contributed by atoms with van der Waals surface area (Å²) < 4.78 is 6.24. The van der Waals surface area contributed by atoms with Gasteiger partial charge in [0.05, 0.1) is 0 Å². The molecule has 0 radical (unpaired) electrons. The first kappa shape index (κ1) is 11.8. The summed E-state index contributed by atoms with van der Waals surface area (Å²) in [6.07, 6.45) is 2.19. The Hall–Kier alpha value is -1.27. The van der Waals surface area contributed by atoms with E-state index in [-0.39, 0.29) is 5.46 Å². The van der Waals surface area contributed by atoms with Crippen molar-refractivity contribution in [3.63, 3.8) is 0 Å². The molecule has 0 atom stereocenters. The third-order valence-corrected chi connectivity index (χ3v) is 1.62. The van der Waals surface area contributed by atoms with Crippen LogP contribution in [0.1, 0.15) is 20.8 Å². The third-order valence-electron chi connectivity index (χ3n) is 1.62. The van der Waals surface area contributed by atoms with Crippen molar-refractivity contribution < 1.29 is 19.6 Å². The van der Waals surface area contributed by atoms with E-state index in [9.17, 15) is 4.79 Å². The Morgan fingerprint density at radius 3 is 2.47 bits per heavy atom. The smallest absolute Gasteiger partial charge is 0.443 e. The van der Waals surface area contributed by atoms with Crippen LogP contribution in [0.15, 0.2) is 18.5 Å². The summed E-state index contributed by atoms with van der Waals surface area (Å²) in [5, 5.41) is 17.7. The van der Waals surface area contributed by atoms with Gasteiger partial charge in [-0.15, -0.1) is 0 Å². The van der Waals surface area contributed by atoms with Crippen molar-refractivity contribution in [1.29, 1.82) is 0 Å². The van der Waals surface area contributed by atoms with Crippen LogP contribution in [0.25, 0.3) is 0 Å². The molecule has 0 bridgehead atoms. The summed E-state index contributed by atoms with van der Waals surface area (Å²) in [5.74, 6) is 0. The molecule has 0 aromatic carbocycles. The molecule has 1 rings (SSSR count). The summed E-state index contributed by atoms with van der Waals surface area (Å²) in [7, 11) is -1.58. The minimum atomic E-state index is -1.58. The van der Waals surface area contributed by atoms with Crippen LogP contribution in [0, 0.1) is 0 Å². The fourth-order valence-electron chi connectivity index (χ4n) is 0.994. The highest BCUT2D eigenvalue weighted by Gasteiger charge is 2.19. The highest BCUT2D eigenvalue weighted by molar-refractivity contribution is 6.58. The highest BCUT2D eigenvalue weighted by atomic mass is 16.6. The summed E-state index contributed by atoms with van der Waals surface area (Å²) in [4.78, 5) is 11.5. The summed E-state index contributed by atoms with van der Waals surface area (Å²) >= 11 is 0. The first-order chi connectivity index (χ1) is 6.79. The average molecular weight is 211 g/mol. The van der Waals surface area contributed by atoms with E-state index < -0.39 is 18.8 Å². The molecule has 0 aliphatic heterocycles. The van der Waals surface area contributed by atoms with Crippen molar-refractivity contribution in [2.45, 2.75) is 26.4 Å². The van der Waals surface area contributed by atoms with Gasteiger partial charge in [-0.05, 0) is 26.8 Å². The fraction of sp³-hybridized carbons (Fsp3) is 0.444. The zero-order valence-corrected chi connectivity index (χ0v) is 8.97. The van der Waals surface area contributed by atoms with Crippen molar-refractivity contribution in [2.75, 3.05) is 0 Å². The summed E-state index contributed by atoms with van der Waals surface area (Å²) in [6.45, 7) is 5.28. The van der Waals surface area contributed by atoms with Crippen molar-refractivity contribution >= 4 is 18.7 Å². The van der Waals surface area contributed by atoms with Crippen LogP contribution in [0.3, 0.4) is 0 Å². The molecule has 0 fully saturated rings. The van der Waals surface area contributed by atoms with Crippen LogP contribution in [0.2, 0.25) is 0 Å². The SMILES string of the molecule is CC(C)(C)OC(=O)n1ccc(B(O)O)c1. The lowest BCUT2D eigenvalue weighted by atomic mass is 9.83. The van der Waals surface area contributed by atoms with Crippen LogP contribution < -0.4 is 5.46 Å². The molecule has 1 aromatic rings. The molecular formula is C9H14BNO4. The lowest BCUT2D eigenvalue weighted by Gasteiger charge is -2.19. The van der Waals surface area contributed by atoms with Crippen LogP contribution in [-0.2, 0) is 4.74 Å². The molecule has 2 N–H and O–H groups in total. The average Bonchev–Trinajstić information content (AvgIpc) is 2.47. The number of hydrogen-bond donors (Lipinski definition) is 2. The number of aromatic nitrogens is 1. The largest absolute Gasteiger partial charge is 0.490 e. The van der Waals surface area contributed by atoms with E-state index >= 15 is 0 Å². The second-order valence-electron chi connectivity index (χ2n) is 4.21. The van der Waals surface area contributed by atoms with Crippen molar-refractivity contribution in [1.82, 2.24) is 4.57 Å². The number of hydrogen-bond acceptors (Lipinski definition) is 4. The maximum absolute atomic E-state index is 11.5. The molecule has 0 spiro atoms. The van der Waals surface area contributed by atoms with Gasteiger partial charge in [-0.25, -0.2) is 4.79 Å². The van der Waals surface area contributed by atoms with E-state index in [1.54, 1.807) is 20.8 Å². The first-order valence-corrected chi connectivity index (χ1v) is 4.57. The Morgan fingerprint density at radius 2 is 2.07 bits per heavy atom.